The Hall–Kier alpha value is -1.71. The van der Waals surface area contributed by atoms with Crippen LogP contribution in [-0.4, -0.2) is 20.1 Å². The highest BCUT2D eigenvalue weighted by atomic mass is 16.5. The van der Waals surface area contributed by atoms with Gasteiger partial charge in [0.1, 0.15) is 0 Å². The second-order valence-corrected chi connectivity index (χ2v) is 4.83. The summed E-state index contributed by atoms with van der Waals surface area (Å²) in [6.45, 7) is 4.03. The van der Waals surface area contributed by atoms with Crippen molar-refractivity contribution in [3.63, 3.8) is 0 Å². The Morgan fingerprint density at radius 3 is 2.33 bits per heavy atom. The third kappa shape index (κ3) is 2.42. The minimum atomic E-state index is 0.0952. The van der Waals surface area contributed by atoms with E-state index in [1.807, 2.05) is 13.0 Å². The molecule has 0 radical (unpaired) electrons. The Labute approximate surface area is 107 Å². The Balaban J connectivity index is 2.19. The number of rotatable bonds is 4. The van der Waals surface area contributed by atoms with E-state index in [0.717, 1.165) is 17.7 Å². The van der Waals surface area contributed by atoms with Crippen LogP contribution in [0.15, 0.2) is 12.1 Å². The lowest BCUT2D eigenvalue weighted by molar-refractivity contribution is -0.117. The predicted molar refractivity (Wildman–Crippen MR) is 70.2 cm³/mol. The van der Waals surface area contributed by atoms with E-state index >= 15 is 0 Å². The monoisotopic (exact) mass is 249 g/mol. The molecule has 1 fully saturated rings. The highest BCUT2D eigenvalue weighted by Crippen LogP contribution is 2.39. The van der Waals surface area contributed by atoms with Gasteiger partial charge >= 0.3 is 0 Å². The molecular formula is C14H19NO3. The molecule has 0 aliphatic heterocycles. The molecule has 0 bridgehead atoms. The lowest BCUT2D eigenvalue weighted by atomic mass is 10.1. The van der Waals surface area contributed by atoms with Crippen LogP contribution in [0.1, 0.15) is 18.9 Å². The Morgan fingerprint density at radius 2 is 1.83 bits per heavy atom. The SMILES string of the molecule is COc1cc(C)c(NC(=O)[C@@H]2C[C@@H]2C)cc1OC. The molecule has 0 heterocycles. The summed E-state index contributed by atoms with van der Waals surface area (Å²) in [5.41, 5.74) is 1.76. The Kier molecular flexibility index (Phi) is 3.45. The third-order valence-electron chi connectivity index (χ3n) is 3.43. The minimum Gasteiger partial charge on any atom is -0.493 e. The number of anilines is 1. The summed E-state index contributed by atoms with van der Waals surface area (Å²) < 4.78 is 10.5. The largest absolute Gasteiger partial charge is 0.493 e. The van der Waals surface area contributed by atoms with Crippen LogP contribution in [0.3, 0.4) is 0 Å². The molecule has 0 saturated heterocycles. The zero-order valence-electron chi connectivity index (χ0n) is 11.2. The molecule has 0 unspecified atom stereocenters. The van der Waals surface area contributed by atoms with Crippen molar-refractivity contribution in [2.45, 2.75) is 20.3 Å². The molecule has 4 nitrogen and oxygen atoms in total. The van der Waals surface area contributed by atoms with E-state index in [-0.39, 0.29) is 11.8 Å². The summed E-state index contributed by atoms with van der Waals surface area (Å²) in [5, 5.41) is 2.95. The molecule has 1 amide bonds. The fourth-order valence-corrected chi connectivity index (χ4v) is 2.03. The fraction of sp³-hybridized carbons (Fsp3) is 0.500. The molecule has 0 aromatic heterocycles. The van der Waals surface area contributed by atoms with E-state index in [9.17, 15) is 4.79 Å². The molecule has 4 heteroatoms. The van der Waals surface area contributed by atoms with E-state index in [1.165, 1.54) is 0 Å². The fourth-order valence-electron chi connectivity index (χ4n) is 2.03. The lowest BCUT2D eigenvalue weighted by Gasteiger charge is -2.13. The smallest absolute Gasteiger partial charge is 0.227 e. The summed E-state index contributed by atoms with van der Waals surface area (Å²) in [6.07, 6.45) is 0.984. The van der Waals surface area contributed by atoms with E-state index < -0.39 is 0 Å². The maximum absolute atomic E-state index is 11.9. The van der Waals surface area contributed by atoms with Gasteiger partial charge in [-0.05, 0) is 30.9 Å². The zero-order chi connectivity index (χ0) is 13.3. The highest BCUT2D eigenvalue weighted by molar-refractivity contribution is 5.95. The number of amides is 1. The van der Waals surface area contributed by atoms with Crippen molar-refractivity contribution in [2.75, 3.05) is 19.5 Å². The van der Waals surface area contributed by atoms with Gasteiger partial charge in [-0.1, -0.05) is 6.92 Å². The molecule has 1 N–H and O–H groups in total. The third-order valence-corrected chi connectivity index (χ3v) is 3.43. The molecular weight excluding hydrogens is 230 g/mol. The first-order chi connectivity index (χ1) is 8.56. The van der Waals surface area contributed by atoms with Crippen LogP contribution in [0.25, 0.3) is 0 Å². The molecule has 1 aliphatic rings. The number of hydrogen-bond donors (Lipinski definition) is 1. The van der Waals surface area contributed by atoms with Gasteiger partial charge in [0.15, 0.2) is 11.5 Å². The normalized spacial score (nSPS) is 21.3. The summed E-state index contributed by atoms with van der Waals surface area (Å²) in [6, 6.07) is 3.67. The van der Waals surface area contributed by atoms with Crippen molar-refractivity contribution in [1.29, 1.82) is 0 Å². The van der Waals surface area contributed by atoms with Gasteiger partial charge in [-0.25, -0.2) is 0 Å². The summed E-state index contributed by atoms with van der Waals surface area (Å²) in [5.74, 6) is 2.07. The van der Waals surface area contributed by atoms with E-state index in [0.29, 0.717) is 17.4 Å². The van der Waals surface area contributed by atoms with Crippen LogP contribution in [0.2, 0.25) is 0 Å². The zero-order valence-corrected chi connectivity index (χ0v) is 11.2. The molecule has 2 rings (SSSR count). The van der Waals surface area contributed by atoms with E-state index in [2.05, 4.69) is 12.2 Å². The van der Waals surface area contributed by atoms with Crippen molar-refractivity contribution in [3.05, 3.63) is 17.7 Å². The number of carbonyl (C=O) groups is 1. The van der Waals surface area contributed by atoms with Gasteiger partial charge in [-0.15, -0.1) is 0 Å². The van der Waals surface area contributed by atoms with E-state index in [1.54, 1.807) is 20.3 Å². The lowest BCUT2D eigenvalue weighted by Crippen LogP contribution is -2.15. The first-order valence-electron chi connectivity index (χ1n) is 6.10. The molecule has 1 aromatic rings. The van der Waals surface area contributed by atoms with Gasteiger partial charge in [0.2, 0.25) is 5.91 Å². The first kappa shape index (κ1) is 12.7. The number of methoxy groups -OCH3 is 2. The Morgan fingerprint density at radius 1 is 1.28 bits per heavy atom. The highest BCUT2D eigenvalue weighted by Gasteiger charge is 2.39. The number of aryl methyl sites for hydroxylation is 1. The van der Waals surface area contributed by atoms with Crippen molar-refractivity contribution >= 4 is 11.6 Å². The maximum atomic E-state index is 11.9. The first-order valence-corrected chi connectivity index (χ1v) is 6.10. The molecule has 98 valence electrons. The second-order valence-electron chi connectivity index (χ2n) is 4.83. The van der Waals surface area contributed by atoms with Crippen LogP contribution >= 0.6 is 0 Å². The van der Waals surface area contributed by atoms with Gasteiger partial charge in [0, 0.05) is 17.7 Å². The van der Waals surface area contributed by atoms with Crippen LogP contribution < -0.4 is 14.8 Å². The van der Waals surface area contributed by atoms with Gasteiger partial charge in [0.05, 0.1) is 14.2 Å². The van der Waals surface area contributed by atoms with Crippen molar-refractivity contribution in [2.24, 2.45) is 11.8 Å². The van der Waals surface area contributed by atoms with Crippen LogP contribution in [0, 0.1) is 18.8 Å². The van der Waals surface area contributed by atoms with Crippen molar-refractivity contribution in [1.82, 2.24) is 0 Å². The predicted octanol–water partition coefficient (Wildman–Crippen LogP) is 2.61. The molecule has 18 heavy (non-hydrogen) atoms. The molecule has 2 atom stereocenters. The van der Waals surface area contributed by atoms with Crippen molar-refractivity contribution in [3.8, 4) is 11.5 Å². The summed E-state index contributed by atoms with van der Waals surface area (Å²) in [4.78, 5) is 11.9. The molecule has 1 saturated carbocycles. The van der Waals surface area contributed by atoms with Gasteiger partial charge in [0.25, 0.3) is 0 Å². The average molecular weight is 249 g/mol. The number of hydrogen-bond acceptors (Lipinski definition) is 3. The molecule has 0 spiro atoms. The minimum absolute atomic E-state index is 0.0952. The molecule has 1 aliphatic carbocycles. The number of nitrogens with one attached hydrogen (secondary N) is 1. The van der Waals surface area contributed by atoms with Gasteiger partial charge in [-0.3, -0.25) is 4.79 Å². The van der Waals surface area contributed by atoms with Gasteiger partial charge in [-0.2, -0.15) is 0 Å². The van der Waals surface area contributed by atoms with Crippen molar-refractivity contribution < 1.29 is 14.3 Å². The van der Waals surface area contributed by atoms with Gasteiger partial charge < -0.3 is 14.8 Å². The topological polar surface area (TPSA) is 47.6 Å². The van der Waals surface area contributed by atoms with Crippen LogP contribution in [-0.2, 0) is 4.79 Å². The molecule has 1 aromatic carbocycles. The standard InChI is InChI=1S/C14H19NO3/c1-8-5-10(8)14(16)15-11-7-13(18-4)12(17-3)6-9(11)2/h6-8,10H,5H2,1-4H3,(H,15,16)/t8-,10+/m0/s1. The summed E-state index contributed by atoms with van der Waals surface area (Å²) >= 11 is 0. The maximum Gasteiger partial charge on any atom is 0.227 e. The van der Waals surface area contributed by atoms with Crippen LogP contribution in [0.5, 0.6) is 11.5 Å². The van der Waals surface area contributed by atoms with E-state index in [4.69, 9.17) is 9.47 Å². The second kappa shape index (κ2) is 4.88. The Bertz CT molecular complexity index is 470. The van der Waals surface area contributed by atoms with Crippen LogP contribution in [0.4, 0.5) is 5.69 Å². The number of ether oxygens (including phenoxy) is 2. The quantitative estimate of drug-likeness (QED) is 0.892. The average Bonchev–Trinajstić information content (AvgIpc) is 3.08. The summed E-state index contributed by atoms with van der Waals surface area (Å²) in [7, 11) is 3.18. The number of carbonyl (C=O) groups excluding carboxylic acids is 1. The number of benzene rings is 1.